The second-order valence-corrected chi connectivity index (χ2v) is 9.68. The Morgan fingerprint density at radius 3 is 2.44 bits per heavy atom. The van der Waals surface area contributed by atoms with Gasteiger partial charge < -0.3 is 24.6 Å². The van der Waals surface area contributed by atoms with Crippen molar-refractivity contribution in [2.75, 3.05) is 44.7 Å². The van der Waals surface area contributed by atoms with E-state index in [2.05, 4.69) is 11.4 Å². The Morgan fingerprint density at radius 2 is 1.71 bits per heavy atom. The summed E-state index contributed by atoms with van der Waals surface area (Å²) in [6.45, 7) is 3.86. The summed E-state index contributed by atoms with van der Waals surface area (Å²) in [4.78, 5) is 29.8. The number of carbonyl (C=O) groups is 2. The van der Waals surface area contributed by atoms with Gasteiger partial charge in [-0.3, -0.25) is 4.79 Å². The van der Waals surface area contributed by atoms with E-state index in [1.165, 1.54) is 0 Å². The van der Waals surface area contributed by atoms with E-state index in [-0.39, 0.29) is 17.9 Å². The molecule has 0 radical (unpaired) electrons. The summed E-state index contributed by atoms with van der Waals surface area (Å²) in [6.07, 6.45) is 3.33. The summed E-state index contributed by atoms with van der Waals surface area (Å²) in [6, 6.07) is 14.9. The highest BCUT2D eigenvalue weighted by Crippen LogP contribution is 2.32. The summed E-state index contributed by atoms with van der Waals surface area (Å²) in [5, 5.41) is 3.59. The second-order valence-electron chi connectivity index (χ2n) is 9.25. The van der Waals surface area contributed by atoms with Crippen molar-refractivity contribution in [3.8, 4) is 0 Å². The minimum atomic E-state index is -0.489. The van der Waals surface area contributed by atoms with Gasteiger partial charge in [0, 0.05) is 61.2 Å². The molecule has 1 spiro atoms. The summed E-state index contributed by atoms with van der Waals surface area (Å²) >= 11 is 5.94. The molecule has 7 nitrogen and oxygen atoms in total. The zero-order chi connectivity index (χ0) is 23.5. The van der Waals surface area contributed by atoms with Crippen molar-refractivity contribution in [2.24, 2.45) is 0 Å². The lowest BCUT2D eigenvalue weighted by Gasteiger charge is -2.37. The highest BCUT2D eigenvalue weighted by molar-refractivity contribution is 6.30. The van der Waals surface area contributed by atoms with Crippen molar-refractivity contribution in [2.45, 2.75) is 37.4 Å². The van der Waals surface area contributed by atoms with Gasteiger partial charge in [0.15, 0.2) is 5.79 Å². The van der Waals surface area contributed by atoms with E-state index in [9.17, 15) is 9.59 Å². The van der Waals surface area contributed by atoms with Crippen molar-refractivity contribution in [1.82, 2.24) is 9.80 Å². The predicted molar refractivity (Wildman–Crippen MR) is 130 cm³/mol. The molecule has 3 heterocycles. The first-order valence-corrected chi connectivity index (χ1v) is 12.4. The topological polar surface area (TPSA) is 71.1 Å². The van der Waals surface area contributed by atoms with Crippen LogP contribution in [-0.2, 0) is 9.47 Å². The first-order valence-electron chi connectivity index (χ1n) is 12.0. The Labute approximate surface area is 205 Å². The molecule has 3 fully saturated rings. The Kier molecular flexibility index (Phi) is 6.77. The fourth-order valence-corrected chi connectivity index (χ4v) is 5.24. The molecule has 3 aliphatic heterocycles. The van der Waals surface area contributed by atoms with Crippen molar-refractivity contribution in [3.05, 3.63) is 64.7 Å². The number of rotatable bonds is 3. The number of ether oxygens (including phenoxy) is 2. The third-order valence-electron chi connectivity index (χ3n) is 7.04. The fourth-order valence-electron chi connectivity index (χ4n) is 5.11. The number of likely N-dealkylation sites (tertiary alicyclic amines) is 2. The van der Waals surface area contributed by atoms with Crippen LogP contribution < -0.4 is 5.32 Å². The normalized spacial score (nSPS) is 22.1. The first-order chi connectivity index (χ1) is 16.5. The zero-order valence-corrected chi connectivity index (χ0v) is 19.9. The average Bonchev–Trinajstić information content (AvgIpc) is 3.33. The number of halogens is 1. The molecule has 8 heteroatoms. The molecule has 1 atom stereocenters. The molecular weight excluding hydrogens is 454 g/mol. The van der Waals surface area contributed by atoms with E-state index in [1.807, 2.05) is 28.0 Å². The third-order valence-corrected chi connectivity index (χ3v) is 7.29. The van der Waals surface area contributed by atoms with Crippen LogP contribution in [0.2, 0.25) is 5.02 Å². The minimum Gasteiger partial charge on any atom is -0.347 e. The third kappa shape index (κ3) is 5.06. The summed E-state index contributed by atoms with van der Waals surface area (Å²) in [5.74, 6) is -0.248. The molecule has 1 unspecified atom stereocenters. The average molecular weight is 484 g/mol. The molecule has 2 aromatic carbocycles. The number of urea groups is 1. The molecular formula is C26H30ClN3O4. The molecule has 0 aliphatic carbocycles. The lowest BCUT2D eigenvalue weighted by molar-refractivity contribution is -0.181. The Bertz CT molecular complexity index is 1030. The van der Waals surface area contributed by atoms with Gasteiger partial charge >= 0.3 is 6.03 Å². The van der Waals surface area contributed by atoms with Crippen LogP contribution in [0.3, 0.4) is 0 Å². The van der Waals surface area contributed by atoms with Crippen LogP contribution in [0.25, 0.3) is 0 Å². The number of hydrogen-bond acceptors (Lipinski definition) is 4. The van der Waals surface area contributed by atoms with Gasteiger partial charge in [0.2, 0.25) is 0 Å². The van der Waals surface area contributed by atoms with E-state index in [4.69, 9.17) is 21.1 Å². The van der Waals surface area contributed by atoms with E-state index in [0.29, 0.717) is 62.8 Å². The first kappa shape index (κ1) is 23.1. The van der Waals surface area contributed by atoms with E-state index >= 15 is 0 Å². The molecule has 0 saturated carbocycles. The fraction of sp³-hybridized carbons (Fsp3) is 0.462. The van der Waals surface area contributed by atoms with Crippen LogP contribution in [0.4, 0.5) is 10.5 Å². The molecule has 34 heavy (non-hydrogen) atoms. The maximum atomic E-state index is 13.2. The maximum Gasteiger partial charge on any atom is 0.321 e. The number of anilines is 1. The Morgan fingerprint density at radius 1 is 0.971 bits per heavy atom. The SMILES string of the molecule is O=C(Nc1ccc(Cl)cc1)N1CCCC(c2cccc(C(=O)N3CCC4(CC3)OCCO4)c2)C1. The summed E-state index contributed by atoms with van der Waals surface area (Å²) < 4.78 is 11.6. The number of hydrogen-bond donors (Lipinski definition) is 1. The number of nitrogens with zero attached hydrogens (tertiary/aromatic N) is 2. The van der Waals surface area contributed by atoms with Crippen LogP contribution in [0.5, 0.6) is 0 Å². The molecule has 2 aromatic rings. The standard InChI is InChI=1S/C26H30ClN3O4/c27-22-6-8-23(9-7-22)28-25(32)30-12-2-5-21(18-30)19-3-1-4-20(17-19)24(31)29-13-10-26(11-14-29)33-15-16-34-26/h1,3-4,6-9,17,21H,2,5,10-16,18H2,(H,28,32). The van der Waals surface area contributed by atoms with E-state index in [0.717, 1.165) is 24.1 Å². The van der Waals surface area contributed by atoms with Gasteiger partial charge in [-0.1, -0.05) is 23.7 Å². The van der Waals surface area contributed by atoms with Crippen LogP contribution in [0.15, 0.2) is 48.5 Å². The van der Waals surface area contributed by atoms with Gasteiger partial charge in [-0.2, -0.15) is 0 Å². The van der Waals surface area contributed by atoms with Gasteiger partial charge in [0.1, 0.15) is 0 Å². The number of carbonyl (C=O) groups excluding carboxylic acids is 2. The lowest BCUT2D eigenvalue weighted by Crippen LogP contribution is -2.47. The molecule has 180 valence electrons. The number of amides is 3. The summed E-state index contributed by atoms with van der Waals surface area (Å²) in [7, 11) is 0. The van der Waals surface area contributed by atoms with Crippen LogP contribution in [-0.4, -0.2) is 66.9 Å². The van der Waals surface area contributed by atoms with Crippen LogP contribution in [0, 0.1) is 0 Å². The largest absolute Gasteiger partial charge is 0.347 e. The predicted octanol–water partition coefficient (Wildman–Crippen LogP) is 4.73. The number of benzene rings is 2. The molecule has 0 aromatic heterocycles. The minimum absolute atomic E-state index is 0.0443. The monoisotopic (exact) mass is 483 g/mol. The van der Waals surface area contributed by atoms with E-state index < -0.39 is 5.79 Å². The Hall–Kier alpha value is -2.61. The quantitative estimate of drug-likeness (QED) is 0.685. The Balaban J connectivity index is 1.21. The van der Waals surface area contributed by atoms with Crippen molar-refractivity contribution < 1.29 is 19.1 Å². The molecule has 5 rings (SSSR count). The van der Waals surface area contributed by atoms with Crippen molar-refractivity contribution in [3.63, 3.8) is 0 Å². The highest BCUT2D eigenvalue weighted by atomic mass is 35.5. The van der Waals surface area contributed by atoms with Gasteiger partial charge in [-0.25, -0.2) is 4.79 Å². The molecule has 3 amide bonds. The highest BCUT2D eigenvalue weighted by Gasteiger charge is 2.41. The van der Waals surface area contributed by atoms with Crippen LogP contribution in [0.1, 0.15) is 47.5 Å². The lowest BCUT2D eigenvalue weighted by atomic mass is 9.89. The van der Waals surface area contributed by atoms with Crippen molar-refractivity contribution >= 4 is 29.2 Å². The summed E-state index contributed by atoms with van der Waals surface area (Å²) in [5.41, 5.74) is 2.52. The molecule has 3 aliphatic rings. The molecule has 3 saturated heterocycles. The van der Waals surface area contributed by atoms with Gasteiger partial charge in [0.05, 0.1) is 13.2 Å². The van der Waals surface area contributed by atoms with E-state index in [1.54, 1.807) is 24.3 Å². The number of nitrogens with one attached hydrogen (secondary N) is 1. The van der Waals surface area contributed by atoms with Gasteiger partial charge in [-0.05, 0) is 54.8 Å². The second kappa shape index (κ2) is 9.94. The number of piperidine rings is 2. The smallest absolute Gasteiger partial charge is 0.321 e. The van der Waals surface area contributed by atoms with Crippen molar-refractivity contribution in [1.29, 1.82) is 0 Å². The zero-order valence-electron chi connectivity index (χ0n) is 19.2. The van der Waals surface area contributed by atoms with Crippen LogP contribution >= 0.6 is 11.6 Å². The maximum absolute atomic E-state index is 13.2. The van der Waals surface area contributed by atoms with Gasteiger partial charge in [-0.15, -0.1) is 0 Å². The molecule has 1 N–H and O–H groups in total. The molecule has 0 bridgehead atoms. The van der Waals surface area contributed by atoms with Gasteiger partial charge in [0.25, 0.3) is 5.91 Å².